The summed E-state index contributed by atoms with van der Waals surface area (Å²) in [6.45, 7) is 3.54. The highest BCUT2D eigenvalue weighted by Gasteiger charge is 2.35. The second-order valence-corrected chi connectivity index (χ2v) is 4.72. The third kappa shape index (κ3) is 3.26. The van der Waals surface area contributed by atoms with Crippen LogP contribution in [0.3, 0.4) is 0 Å². The highest BCUT2D eigenvalue weighted by atomic mass is 19.4. The van der Waals surface area contributed by atoms with Crippen LogP contribution in [0, 0.1) is 5.82 Å². The highest BCUT2D eigenvalue weighted by Crippen LogP contribution is 2.36. The molecular weight excluding hydrogens is 288 g/mol. The Morgan fingerprint density at radius 1 is 1.10 bits per heavy atom. The molecule has 1 heterocycles. The number of nitrogens with zero attached hydrogens (tertiary/aromatic N) is 3. The number of nitrogen functional groups attached to an aromatic ring is 1. The van der Waals surface area contributed by atoms with Crippen LogP contribution in [0.1, 0.15) is 31.2 Å². The molecule has 0 bridgehead atoms. The standard InChI is InChI=1S/C13H12F4N4/c1-6(2)10-19-11(21-12(18)20-10)8-4-3-7(14)5-9(8)13(15,16)17/h3-6H,1-2H3,(H2,18,19,20,21). The zero-order valence-corrected chi connectivity index (χ0v) is 11.2. The molecule has 0 unspecified atom stereocenters. The van der Waals surface area contributed by atoms with Gasteiger partial charge in [0.15, 0.2) is 5.82 Å². The third-order valence-corrected chi connectivity index (χ3v) is 2.71. The lowest BCUT2D eigenvalue weighted by Crippen LogP contribution is -2.11. The fourth-order valence-electron chi connectivity index (χ4n) is 1.73. The molecule has 112 valence electrons. The van der Waals surface area contributed by atoms with Crippen LogP contribution in [0.5, 0.6) is 0 Å². The van der Waals surface area contributed by atoms with Crippen LogP contribution in [-0.2, 0) is 6.18 Å². The largest absolute Gasteiger partial charge is 0.417 e. The summed E-state index contributed by atoms with van der Waals surface area (Å²) in [7, 11) is 0. The number of halogens is 4. The predicted molar refractivity (Wildman–Crippen MR) is 68.7 cm³/mol. The van der Waals surface area contributed by atoms with E-state index in [2.05, 4.69) is 15.0 Å². The quantitative estimate of drug-likeness (QED) is 0.863. The molecule has 0 saturated carbocycles. The van der Waals surface area contributed by atoms with Crippen molar-refractivity contribution in [2.75, 3.05) is 5.73 Å². The highest BCUT2D eigenvalue weighted by molar-refractivity contribution is 5.62. The lowest BCUT2D eigenvalue weighted by Gasteiger charge is -2.13. The van der Waals surface area contributed by atoms with Gasteiger partial charge in [-0.1, -0.05) is 13.8 Å². The molecule has 2 aromatic rings. The van der Waals surface area contributed by atoms with Crippen LogP contribution in [0.25, 0.3) is 11.4 Å². The molecule has 4 nitrogen and oxygen atoms in total. The second kappa shape index (κ2) is 5.27. The van der Waals surface area contributed by atoms with Gasteiger partial charge in [-0.15, -0.1) is 0 Å². The smallest absolute Gasteiger partial charge is 0.368 e. The van der Waals surface area contributed by atoms with Crippen molar-refractivity contribution in [2.24, 2.45) is 0 Å². The van der Waals surface area contributed by atoms with Crippen LogP contribution in [0.4, 0.5) is 23.5 Å². The average molecular weight is 300 g/mol. The maximum Gasteiger partial charge on any atom is 0.417 e. The van der Waals surface area contributed by atoms with E-state index in [1.807, 2.05) is 0 Å². The summed E-state index contributed by atoms with van der Waals surface area (Å²) in [4.78, 5) is 11.6. The number of benzene rings is 1. The number of nitrogens with two attached hydrogens (primary N) is 1. The third-order valence-electron chi connectivity index (χ3n) is 2.71. The molecule has 21 heavy (non-hydrogen) atoms. The van der Waals surface area contributed by atoms with Gasteiger partial charge >= 0.3 is 6.18 Å². The Kier molecular flexibility index (Phi) is 3.80. The summed E-state index contributed by atoms with van der Waals surface area (Å²) in [6.07, 6.45) is -4.73. The van der Waals surface area contributed by atoms with Crippen molar-refractivity contribution >= 4 is 5.95 Å². The fraction of sp³-hybridized carbons (Fsp3) is 0.308. The summed E-state index contributed by atoms with van der Waals surface area (Å²) in [6, 6.07) is 2.31. The van der Waals surface area contributed by atoms with Crippen LogP contribution in [0.15, 0.2) is 18.2 Å². The predicted octanol–water partition coefficient (Wildman–Crippen LogP) is 3.40. The molecular formula is C13H12F4N4. The van der Waals surface area contributed by atoms with Crippen molar-refractivity contribution in [3.05, 3.63) is 35.4 Å². The lowest BCUT2D eigenvalue weighted by atomic mass is 10.1. The van der Waals surface area contributed by atoms with E-state index in [9.17, 15) is 17.6 Å². The average Bonchev–Trinajstić information content (AvgIpc) is 2.36. The van der Waals surface area contributed by atoms with E-state index < -0.39 is 17.6 Å². The van der Waals surface area contributed by atoms with Gasteiger partial charge in [-0.2, -0.15) is 23.1 Å². The molecule has 0 atom stereocenters. The van der Waals surface area contributed by atoms with E-state index in [4.69, 9.17) is 5.73 Å². The maximum absolute atomic E-state index is 13.1. The molecule has 0 saturated heterocycles. The molecule has 2 N–H and O–H groups in total. The number of alkyl halides is 3. The molecule has 0 amide bonds. The Labute approximate surface area is 118 Å². The fourth-order valence-corrected chi connectivity index (χ4v) is 1.73. The number of hydrogen-bond acceptors (Lipinski definition) is 4. The van der Waals surface area contributed by atoms with Gasteiger partial charge in [0.2, 0.25) is 5.95 Å². The minimum Gasteiger partial charge on any atom is -0.368 e. The van der Waals surface area contributed by atoms with E-state index in [0.717, 1.165) is 12.1 Å². The van der Waals surface area contributed by atoms with Crippen molar-refractivity contribution in [3.8, 4) is 11.4 Å². The van der Waals surface area contributed by atoms with Gasteiger partial charge in [0, 0.05) is 11.5 Å². The minimum absolute atomic E-state index is 0.135. The van der Waals surface area contributed by atoms with Crippen molar-refractivity contribution in [1.82, 2.24) is 15.0 Å². The summed E-state index contributed by atoms with van der Waals surface area (Å²) in [5, 5.41) is 0. The second-order valence-electron chi connectivity index (χ2n) is 4.72. The van der Waals surface area contributed by atoms with Crippen LogP contribution in [-0.4, -0.2) is 15.0 Å². The number of rotatable bonds is 2. The molecule has 1 aromatic carbocycles. The molecule has 1 aromatic heterocycles. The van der Waals surface area contributed by atoms with Crippen LogP contribution >= 0.6 is 0 Å². The molecule has 8 heteroatoms. The first kappa shape index (κ1) is 15.1. The van der Waals surface area contributed by atoms with Crippen molar-refractivity contribution in [2.45, 2.75) is 25.9 Å². The monoisotopic (exact) mass is 300 g/mol. The Morgan fingerprint density at radius 2 is 1.76 bits per heavy atom. The molecule has 0 aliphatic rings. The molecule has 0 fully saturated rings. The van der Waals surface area contributed by atoms with E-state index >= 15 is 0 Å². The van der Waals surface area contributed by atoms with E-state index in [0.29, 0.717) is 6.07 Å². The minimum atomic E-state index is -4.73. The van der Waals surface area contributed by atoms with Gasteiger partial charge in [-0.3, -0.25) is 0 Å². The molecule has 2 rings (SSSR count). The Bertz CT molecular complexity index is 668. The first-order valence-corrected chi connectivity index (χ1v) is 6.07. The van der Waals surface area contributed by atoms with Gasteiger partial charge < -0.3 is 5.73 Å². The SMILES string of the molecule is CC(C)c1nc(N)nc(-c2ccc(F)cc2C(F)(F)F)n1. The van der Waals surface area contributed by atoms with Gasteiger partial charge in [-0.05, 0) is 18.2 Å². The maximum atomic E-state index is 13.1. The normalized spacial score (nSPS) is 12.0. The lowest BCUT2D eigenvalue weighted by molar-refractivity contribution is -0.137. The summed E-state index contributed by atoms with van der Waals surface area (Å²) in [5.74, 6) is -1.25. The van der Waals surface area contributed by atoms with Crippen molar-refractivity contribution in [3.63, 3.8) is 0 Å². The van der Waals surface area contributed by atoms with Gasteiger partial charge in [0.05, 0.1) is 5.56 Å². The van der Waals surface area contributed by atoms with Crippen LogP contribution in [0.2, 0.25) is 0 Å². The van der Waals surface area contributed by atoms with Gasteiger partial charge in [0.1, 0.15) is 11.6 Å². The van der Waals surface area contributed by atoms with E-state index in [-0.39, 0.29) is 29.1 Å². The number of aromatic nitrogens is 3. The molecule has 0 aliphatic carbocycles. The summed E-state index contributed by atoms with van der Waals surface area (Å²) < 4.78 is 52.1. The number of hydrogen-bond donors (Lipinski definition) is 1. The topological polar surface area (TPSA) is 64.7 Å². The first-order chi connectivity index (χ1) is 9.68. The summed E-state index contributed by atoms with van der Waals surface area (Å²) >= 11 is 0. The van der Waals surface area contributed by atoms with Gasteiger partial charge in [0.25, 0.3) is 0 Å². The van der Waals surface area contributed by atoms with Crippen molar-refractivity contribution < 1.29 is 17.6 Å². The first-order valence-electron chi connectivity index (χ1n) is 6.07. The Hall–Kier alpha value is -2.25. The Morgan fingerprint density at radius 3 is 2.33 bits per heavy atom. The zero-order chi connectivity index (χ0) is 15.8. The summed E-state index contributed by atoms with van der Waals surface area (Å²) in [5.41, 5.74) is 4.02. The molecule has 0 aliphatic heterocycles. The Balaban J connectivity index is 2.67. The molecule has 0 radical (unpaired) electrons. The van der Waals surface area contributed by atoms with Crippen LogP contribution < -0.4 is 5.73 Å². The van der Waals surface area contributed by atoms with E-state index in [1.165, 1.54) is 0 Å². The number of anilines is 1. The molecule has 0 spiro atoms. The van der Waals surface area contributed by atoms with Crippen molar-refractivity contribution in [1.29, 1.82) is 0 Å². The zero-order valence-electron chi connectivity index (χ0n) is 11.2. The van der Waals surface area contributed by atoms with Gasteiger partial charge in [-0.25, -0.2) is 9.37 Å². The van der Waals surface area contributed by atoms with E-state index in [1.54, 1.807) is 13.8 Å².